The molecule has 0 aliphatic carbocycles. The smallest absolute Gasteiger partial charge is 0.401 e. The molecule has 1 aliphatic rings. The van der Waals surface area contributed by atoms with Crippen molar-refractivity contribution in [1.82, 2.24) is 0 Å². The first-order chi connectivity index (χ1) is 10.1. The van der Waals surface area contributed by atoms with E-state index < -0.39 is 4.92 Å². The van der Waals surface area contributed by atoms with Gasteiger partial charge in [-0.2, -0.15) is 0 Å². The number of thioether (sulfide) groups is 1. The van der Waals surface area contributed by atoms with Crippen molar-refractivity contribution in [2.24, 2.45) is 4.99 Å². The van der Waals surface area contributed by atoms with E-state index in [2.05, 4.69) is 4.99 Å². The zero-order valence-corrected chi connectivity index (χ0v) is 11.4. The molecule has 2 heterocycles. The van der Waals surface area contributed by atoms with Crippen molar-refractivity contribution >= 4 is 34.7 Å². The molecule has 0 unspecified atom stereocenters. The Balaban J connectivity index is 1.84. The predicted octanol–water partition coefficient (Wildman–Crippen LogP) is 3.25. The minimum atomic E-state index is -0.627. The fraction of sp³-hybridized carbons (Fsp3) is 0. The summed E-state index contributed by atoms with van der Waals surface area (Å²) in [5.41, 5.74) is 0.852. The van der Waals surface area contributed by atoms with Crippen LogP contribution < -0.4 is 0 Å². The third-order valence-corrected chi connectivity index (χ3v) is 3.74. The van der Waals surface area contributed by atoms with Crippen molar-refractivity contribution in [2.45, 2.75) is 0 Å². The van der Waals surface area contributed by atoms with Crippen LogP contribution in [0.3, 0.4) is 0 Å². The number of rotatable bonds is 3. The van der Waals surface area contributed by atoms with E-state index >= 15 is 0 Å². The molecule has 1 aromatic carbocycles. The van der Waals surface area contributed by atoms with Gasteiger partial charge in [0.05, 0.1) is 11.0 Å². The second-order valence-electron chi connectivity index (χ2n) is 4.13. The predicted molar refractivity (Wildman–Crippen MR) is 78.9 cm³/mol. The number of furan rings is 1. The Labute approximate surface area is 123 Å². The van der Waals surface area contributed by atoms with E-state index in [4.69, 9.17) is 4.42 Å². The van der Waals surface area contributed by atoms with Gasteiger partial charge in [0.25, 0.3) is 5.91 Å². The first-order valence-corrected chi connectivity index (χ1v) is 6.77. The molecule has 0 saturated heterocycles. The number of carbonyl (C=O) groups is 1. The van der Waals surface area contributed by atoms with Crippen molar-refractivity contribution < 1.29 is 14.1 Å². The van der Waals surface area contributed by atoms with Crippen LogP contribution in [0.4, 0.5) is 5.88 Å². The summed E-state index contributed by atoms with van der Waals surface area (Å²) in [6, 6.07) is 12.0. The number of aliphatic imine (C=N–C) groups is 1. The molecule has 6 nitrogen and oxygen atoms in total. The molecule has 1 aliphatic heterocycles. The van der Waals surface area contributed by atoms with Crippen molar-refractivity contribution in [1.29, 1.82) is 0 Å². The lowest BCUT2D eigenvalue weighted by Gasteiger charge is -1.97. The molecule has 0 fully saturated rings. The van der Waals surface area contributed by atoms with E-state index in [0.717, 1.165) is 5.56 Å². The highest BCUT2D eigenvalue weighted by Gasteiger charge is 2.23. The van der Waals surface area contributed by atoms with Crippen LogP contribution in [0.1, 0.15) is 11.3 Å². The summed E-state index contributed by atoms with van der Waals surface area (Å²) in [4.78, 5) is 26.1. The molecule has 3 rings (SSSR count). The van der Waals surface area contributed by atoms with Gasteiger partial charge in [0, 0.05) is 11.6 Å². The molecule has 0 saturated carbocycles. The maximum atomic E-state index is 11.9. The number of nitrogens with zero attached hydrogens (tertiary/aromatic N) is 2. The summed E-state index contributed by atoms with van der Waals surface area (Å²) >= 11 is 1.22. The maximum Gasteiger partial charge on any atom is 0.433 e. The lowest BCUT2D eigenvalue weighted by molar-refractivity contribution is -0.402. The summed E-state index contributed by atoms with van der Waals surface area (Å²) in [7, 11) is 0. The van der Waals surface area contributed by atoms with Crippen molar-refractivity contribution in [2.75, 3.05) is 0 Å². The lowest BCUT2D eigenvalue weighted by Crippen LogP contribution is -1.89. The standard InChI is InChI=1S/C14H8N2O4S/c17-13-11(8-10-6-7-12(20-10)16(18)19)21-14(15-13)9-4-2-1-3-5-9/h1-8H. The van der Waals surface area contributed by atoms with E-state index in [-0.39, 0.29) is 17.6 Å². The highest BCUT2D eigenvalue weighted by Crippen LogP contribution is 2.32. The Morgan fingerprint density at radius 3 is 2.62 bits per heavy atom. The minimum absolute atomic E-state index is 0.252. The zero-order chi connectivity index (χ0) is 14.8. The SMILES string of the molecule is O=C1N=C(c2ccccc2)SC1=Cc1ccc([N+](=O)[O-])o1. The number of amides is 1. The number of carbonyl (C=O) groups excluding carboxylic acids is 1. The van der Waals surface area contributed by atoms with Gasteiger partial charge in [-0.15, -0.1) is 0 Å². The number of hydrogen-bond acceptors (Lipinski definition) is 5. The fourth-order valence-corrected chi connectivity index (χ4v) is 2.66. The van der Waals surface area contributed by atoms with E-state index in [9.17, 15) is 14.9 Å². The topological polar surface area (TPSA) is 85.7 Å². The van der Waals surface area contributed by atoms with Crippen LogP contribution in [0.25, 0.3) is 6.08 Å². The number of nitro groups is 1. The van der Waals surface area contributed by atoms with Gasteiger partial charge in [0.2, 0.25) is 0 Å². The Hall–Kier alpha value is -2.67. The molecule has 1 aromatic heterocycles. The van der Waals surface area contributed by atoms with Crippen LogP contribution >= 0.6 is 11.8 Å². The molecule has 0 bridgehead atoms. The highest BCUT2D eigenvalue weighted by molar-refractivity contribution is 8.19. The van der Waals surface area contributed by atoms with Crippen LogP contribution in [-0.4, -0.2) is 15.9 Å². The molecule has 21 heavy (non-hydrogen) atoms. The summed E-state index contributed by atoms with van der Waals surface area (Å²) in [5.74, 6) is -0.485. The summed E-state index contributed by atoms with van der Waals surface area (Å²) in [6.07, 6.45) is 1.46. The fourth-order valence-electron chi connectivity index (χ4n) is 1.76. The van der Waals surface area contributed by atoms with Gasteiger partial charge in [-0.3, -0.25) is 14.9 Å². The normalized spacial score (nSPS) is 16.3. The molecule has 0 N–H and O–H groups in total. The Morgan fingerprint density at radius 1 is 1.19 bits per heavy atom. The van der Waals surface area contributed by atoms with Gasteiger partial charge in [-0.05, 0) is 6.07 Å². The van der Waals surface area contributed by atoms with E-state index in [1.165, 1.54) is 30.0 Å². The average molecular weight is 300 g/mol. The first kappa shape index (κ1) is 13.3. The van der Waals surface area contributed by atoms with Crippen LogP contribution in [0.5, 0.6) is 0 Å². The second kappa shape index (κ2) is 5.37. The Morgan fingerprint density at radius 2 is 1.95 bits per heavy atom. The van der Waals surface area contributed by atoms with Gasteiger partial charge >= 0.3 is 5.88 Å². The summed E-state index contributed by atoms with van der Waals surface area (Å²) in [5, 5.41) is 11.2. The van der Waals surface area contributed by atoms with Gasteiger partial charge in [-0.1, -0.05) is 42.1 Å². The number of benzene rings is 1. The van der Waals surface area contributed by atoms with Crippen molar-refractivity contribution in [3.05, 3.63) is 68.8 Å². The van der Waals surface area contributed by atoms with E-state index in [1.54, 1.807) is 0 Å². The van der Waals surface area contributed by atoms with Crippen LogP contribution in [0, 0.1) is 10.1 Å². The van der Waals surface area contributed by atoms with Gasteiger partial charge < -0.3 is 4.42 Å². The Kier molecular flexibility index (Phi) is 3.41. The molecule has 7 heteroatoms. The first-order valence-electron chi connectivity index (χ1n) is 5.96. The Bertz CT molecular complexity index is 777. The van der Waals surface area contributed by atoms with Crippen molar-refractivity contribution in [3.8, 4) is 0 Å². The number of hydrogen-bond donors (Lipinski definition) is 0. The molecular formula is C14H8N2O4S. The van der Waals surface area contributed by atoms with Gasteiger partial charge in [0.15, 0.2) is 0 Å². The highest BCUT2D eigenvalue weighted by atomic mass is 32.2. The summed E-state index contributed by atoms with van der Waals surface area (Å²) in [6.45, 7) is 0. The molecule has 0 spiro atoms. The molecular weight excluding hydrogens is 292 g/mol. The zero-order valence-electron chi connectivity index (χ0n) is 10.6. The maximum absolute atomic E-state index is 11.9. The average Bonchev–Trinajstić information content (AvgIpc) is 3.08. The molecule has 1 amide bonds. The van der Waals surface area contributed by atoms with Crippen LogP contribution in [0.15, 0.2) is 56.8 Å². The third-order valence-electron chi connectivity index (χ3n) is 2.71. The largest absolute Gasteiger partial charge is 0.433 e. The summed E-state index contributed by atoms with van der Waals surface area (Å²) < 4.78 is 5.00. The second-order valence-corrected chi connectivity index (χ2v) is 5.16. The quantitative estimate of drug-likeness (QED) is 0.493. The van der Waals surface area contributed by atoms with Crippen molar-refractivity contribution in [3.63, 3.8) is 0 Å². The molecule has 104 valence electrons. The molecule has 0 atom stereocenters. The molecule has 0 radical (unpaired) electrons. The van der Waals surface area contributed by atoms with Gasteiger partial charge in [-0.25, -0.2) is 4.99 Å². The van der Waals surface area contributed by atoms with E-state index in [0.29, 0.717) is 9.95 Å². The van der Waals surface area contributed by atoms with Crippen LogP contribution in [-0.2, 0) is 4.79 Å². The monoisotopic (exact) mass is 300 g/mol. The van der Waals surface area contributed by atoms with Gasteiger partial charge in [0.1, 0.15) is 15.7 Å². The van der Waals surface area contributed by atoms with E-state index in [1.807, 2.05) is 30.3 Å². The minimum Gasteiger partial charge on any atom is -0.401 e. The lowest BCUT2D eigenvalue weighted by atomic mass is 10.2. The van der Waals surface area contributed by atoms with Crippen LogP contribution in [0.2, 0.25) is 0 Å². The third kappa shape index (κ3) is 2.77. The molecule has 2 aromatic rings.